The second kappa shape index (κ2) is 6.04. The predicted octanol–water partition coefficient (Wildman–Crippen LogP) is 4.93. The van der Waals surface area contributed by atoms with Crippen molar-refractivity contribution in [1.82, 2.24) is 0 Å². The van der Waals surface area contributed by atoms with Gasteiger partial charge in [0.1, 0.15) is 5.84 Å². The number of amidine groups is 1. The lowest BCUT2D eigenvalue weighted by molar-refractivity contribution is -0.137. The summed E-state index contributed by atoms with van der Waals surface area (Å²) in [4.78, 5) is 4.20. The molecule has 20 heavy (non-hydrogen) atoms. The molecule has 1 aromatic carbocycles. The Morgan fingerprint density at radius 3 is 2.40 bits per heavy atom. The van der Waals surface area contributed by atoms with Crippen molar-refractivity contribution in [2.45, 2.75) is 38.3 Å². The Balaban J connectivity index is 2.20. The van der Waals surface area contributed by atoms with E-state index in [1.165, 1.54) is 12.5 Å². The molecule has 0 saturated heterocycles. The number of hydrogen-bond acceptors (Lipinski definition) is 1. The molecule has 0 unspecified atom stereocenters. The van der Waals surface area contributed by atoms with Gasteiger partial charge in [-0.2, -0.15) is 13.2 Å². The van der Waals surface area contributed by atoms with E-state index in [-0.39, 0.29) is 10.9 Å². The molecule has 0 amide bonds. The minimum atomic E-state index is -4.40. The minimum absolute atomic E-state index is 0.0291. The number of rotatable bonds is 2. The number of nitrogens with two attached hydrogens (primary N) is 1. The van der Waals surface area contributed by atoms with Crippen LogP contribution < -0.4 is 5.73 Å². The quantitative estimate of drug-likeness (QED) is 0.610. The Hall–Kier alpha value is -1.23. The smallest absolute Gasteiger partial charge is 0.387 e. The Kier molecular flexibility index (Phi) is 4.58. The fourth-order valence-corrected chi connectivity index (χ4v) is 2.63. The largest absolute Gasteiger partial charge is 0.416 e. The Labute approximate surface area is 120 Å². The van der Waals surface area contributed by atoms with Crippen molar-refractivity contribution in [1.29, 1.82) is 0 Å². The van der Waals surface area contributed by atoms with E-state index in [0.29, 0.717) is 11.5 Å². The highest BCUT2D eigenvalue weighted by atomic mass is 35.5. The van der Waals surface area contributed by atoms with Crippen LogP contribution in [0.4, 0.5) is 18.9 Å². The first-order valence-electron chi connectivity index (χ1n) is 6.59. The van der Waals surface area contributed by atoms with Crippen LogP contribution in [0, 0.1) is 5.92 Å². The molecule has 2 N–H and O–H groups in total. The maximum atomic E-state index is 12.5. The van der Waals surface area contributed by atoms with E-state index in [2.05, 4.69) is 4.99 Å². The first kappa shape index (κ1) is 15.2. The molecule has 0 bridgehead atoms. The van der Waals surface area contributed by atoms with Gasteiger partial charge in [-0.05, 0) is 31.0 Å². The maximum Gasteiger partial charge on any atom is 0.416 e. The molecular formula is C14H16ClF3N2. The summed E-state index contributed by atoms with van der Waals surface area (Å²) in [7, 11) is 0. The monoisotopic (exact) mass is 304 g/mol. The molecule has 0 aliphatic heterocycles. The summed E-state index contributed by atoms with van der Waals surface area (Å²) in [6, 6.07) is 3.12. The molecule has 6 heteroatoms. The molecule has 2 rings (SSSR count). The first-order valence-corrected chi connectivity index (χ1v) is 6.96. The third-order valence-corrected chi connectivity index (χ3v) is 3.85. The van der Waals surface area contributed by atoms with Crippen LogP contribution >= 0.6 is 11.6 Å². The van der Waals surface area contributed by atoms with Crippen LogP contribution in [0.15, 0.2) is 23.2 Å². The third kappa shape index (κ3) is 3.66. The average Bonchev–Trinajstić information content (AvgIpc) is 2.41. The number of nitrogens with zero attached hydrogens (tertiary/aromatic N) is 1. The van der Waals surface area contributed by atoms with Gasteiger partial charge in [0.25, 0.3) is 0 Å². The fraction of sp³-hybridized carbons (Fsp3) is 0.500. The van der Waals surface area contributed by atoms with E-state index in [4.69, 9.17) is 17.3 Å². The predicted molar refractivity (Wildman–Crippen MR) is 74.3 cm³/mol. The summed E-state index contributed by atoms with van der Waals surface area (Å²) in [5.41, 5.74) is 5.46. The molecule has 1 fully saturated rings. The van der Waals surface area contributed by atoms with Gasteiger partial charge in [0.15, 0.2) is 0 Å². The lowest BCUT2D eigenvalue weighted by Gasteiger charge is -2.21. The molecule has 1 aromatic rings. The normalized spacial score (nSPS) is 18.3. The van der Waals surface area contributed by atoms with Crippen LogP contribution in [0.3, 0.4) is 0 Å². The molecule has 2 nitrogen and oxygen atoms in total. The van der Waals surface area contributed by atoms with Crippen molar-refractivity contribution in [3.05, 3.63) is 28.8 Å². The highest BCUT2D eigenvalue weighted by Crippen LogP contribution is 2.35. The van der Waals surface area contributed by atoms with Gasteiger partial charge in [0.05, 0.1) is 16.3 Å². The van der Waals surface area contributed by atoms with Crippen molar-refractivity contribution < 1.29 is 13.2 Å². The Bertz CT molecular complexity index is 506. The Morgan fingerprint density at radius 1 is 1.20 bits per heavy atom. The summed E-state index contributed by atoms with van der Waals surface area (Å²) in [6.07, 6.45) is 0.982. The van der Waals surface area contributed by atoms with Gasteiger partial charge in [-0.1, -0.05) is 30.9 Å². The van der Waals surface area contributed by atoms with Gasteiger partial charge >= 0.3 is 6.18 Å². The third-order valence-electron chi connectivity index (χ3n) is 3.55. The van der Waals surface area contributed by atoms with Crippen LogP contribution in [0.5, 0.6) is 0 Å². The van der Waals surface area contributed by atoms with Gasteiger partial charge in [0.2, 0.25) is 0 Å². The molecule has 1 aliphatic carbocycles. The van der Waals surface area contributed by atoms with Gasteiger partial charge in [-0.3, -0.25) is 0 Å². The van der Waals surface area contributed by atoms with Crippen LogP contribution in [0.2, 0.25) is 5.02 Å². The van der Waals surface area contributed by atoms with Gasteiger partial charge in [0, 0.05) is 5.92 Å². The van der Waals surface area contributed by atoms with Crippen molar-refractivity contribution in [3.63, 3.8) is 0 Å². The van der Waals surface area contributed by atoms with E-state index in [0.717, 1.165) is 37.8 Å². The van der Waals surface area contributed by atoms with E-state index in [1.807, 2.05) is 0 Å². The fourth-order valence-electron chi connectivity index (χ4n) is 2.40. The highest BCUT2D eigenvalue weighted by molar-refractivity contribution is 6.33. The van der Waals surface area contributed by atoms with Crippen LogP contribution in [-0.2, 0) is 6.18 Å². The van der Waals surface area contributed by atoms with Crippen LogP contribution in [-0.4, -0.2) is 5.84 Å². The average molecular weight is 305 g/mol. The molecule has 110 valence electrons. The van der Waals surface area contributed by atoms with Gasteiger partial charge in [-0.15, -0.1) is 0 Å². The standard InChI is InChI=1S/C14H16ClF3N2/c15-11-8-10(14(16,17)18)6-7-12(11)20-13(19)9-4-2-1-3-5-9/h6-9H,1-5H2,(H2,19,20). The lowest BCUT2D eigenvalue weighted by atomic mass is 9.88. The zero-order valence-electron chi connectivity index (χ0n) is 10.9. The van der Waals surface area contributed by atoms with Gasteiger partial charge < -0.3 is 5.73 Å². The van der Waals surface area contributed by atoms with E-state index >= 15 is 0 Å². The van der Waals surface area contributed by atoms with Crippen molar-refractivity contribution in [3.8, 4) is 0 Å². The van der Waals surface area contributed by atoms with Crippen molar-refractivity contribution >= 4 is 23.1 Å². The summed E-state index contributed by atoms with van der Waals surface area (Å²) < 4.78 is 37.6. The first-order chi connectivity index (χ1) is 9.38. The van der Waals surface area contributed by atoms with Crippen LogP contribution in [0.25, 0.3) is 0 Å². The minimum Gasteiger partial charge on any atom is -0.387 e. The molecule has 1 saturated carbocycles. The molecule has 0 spiro atoms. The number of aliphatic imine (C=N–C) groups is 1. The zero-order valence-corrected chi connectivity index (χ0v) is 11.6. The number of benzene rings is 1. The second-order valence-electron chi connectivity index (χ2n) is 5.04. The topological polar surface area (TPSA) is 38.4 Å². The lowest BCUT2D eigenvalue weighted by Crippen LogP contribution is -2.25. The maximum absolute atomic E-state index is 12.5. The van der Waals surface area contributed by atoms with Crippen molar-refractivity contribution in [2.24, 2.45) is 16.6 Å². The molecular weight excluding hydrogens is 289 g/mol. The Morgan fingerprint density at radius 2 is 1.85 bits per heavy atom. The molecule has 0 heterocycles. The summed E-state index contributed by atoms with van der Waals surface area (Å²) in [5, 5.41) is -0.0291. The molecule has 0 radical (unpaired) electrons. The SMILES string of the molecule is NC(=Nc1ccc(C(F)(F)F)cc1Cl)C1CCCCC1. The summed E-state index contributed by atoms with van der Waals surface area (Å²) in [6.45, 7) is 0. The highest BCUT2D eigenvalue weighted by Gasteiger charge is 2.31. The molecule has 0 atom stereocenters. The van der Waals surface area contributed by atoms with Crippen molar-refractivity contribution in [2.75, 3.05) is 0 Å². The number of halogens is 4. The molecule has 1 aliphatic rings. The number of hydrogen-bond donors (Lipinski definition) is 1. The molecule has 0 aromatic heterocycles. The van der Waals surface area contributed by atoms with E-state index in [9.17, 15) is 13.2 Å². The summed E-state index contributed by atoms with van der Waals surface area (Å²) >= 11 is 5.86. The van der Waals surface area contributed by atoms with Gasteiger partial charge in [-0.25, -0.2) is 4.99 Å². The van der Waals surface area contributed by atoms with E-state index < -0.39 is 11.7 Å². The summed E-state index contributed by atoms with van der Waals surface area (Å²) in [5.74, 6) is 0.675. The second-order valence-corrected chi connectivity index (χ2v) is 5.44. The van der Waals surface area contributed by atoms with E-state index in [1.54, 1.807) is 0 Å². The zero-order chi connectivity index (χ0) is 14.8. The van der Waals surface area contributed by atoms with Crippen LogP contribution in [0.1, 0.15) is 37.7 Å². The number of alkyl halides is 3.